The number of rotatable bonds is 5. The Bertz CT molecular complexity index is 500. The van der Waals surface area contributed by atoms with E-state index < -0.39 is 0 Å². The number of aromatic nitrogens is 1. The van der Waals surface area contributed by atoms with Crippen molar-refractivity contribution in [1.29, 1.82) is 0 Å². The Balaban J connectivity index is 2.37. The number of thiazole rings is 1. The molecule has 2 rings (SSSR count). The zero-order chi connectivity index (χ0) is 13.0. The van der Waals surface area contributed by atoms with E-state index in [1.54, 1.807) is 17.4 Å². The van der Waals surface area contributed by atoms with E-state index in [0.29, 0.717) is 10.0 Å². The first-order valence-electron chi connectivity index (χ1n) is 5.79. The van der Waals surface area contributed by atoms with Crippen LogP contribution in [0.15, 0.2) is 29.9 Å². The fraction of sp³-hybridized carbons (Fsp3) is 0.308. The Hall–Kier alpha value is -0.610. The molecule has 1 heterocycles. The third-order valence-corrected chi connectivity index (χ3v) is 4.30. The first kappa shape index (κ1) is 13.8. The van der Waals surface area contributed by atoms with Crippen LogP contribution in [-0.2, 0) is 0 Å². The highest BCUT2D eigenvalue weighted by molar-refractivity contribution is 7.09. The maximum absolute atomic E-state index is 6.30. The van der Waals surface area contributed by atoms with Crippen LogP contribution in [0.1, 0.15) is 29.8 Å². The topological polar surface area (TPSA) is 24.9 Å². The largest absolute Gasteiger partial charge is 0.306 e. The average molecular weight is 301 g/mol. The van der Waals surface area contributed by atoms with Gasteiger partial charge in [-0.25, -0.2) is 0 Å². The van der Waals surface area contributed by atoms with Gasteiger partial charge in [0, 0.05) is 11.1 Å². The van der Waals surface area contributed by atoms with Crippen LogP contribution in [0.3, 0.4) is 0 Å². The SMILES string of the molecule is CCCNC(c1cncs1)c1cccc(Cl)c1Cl. The minimum Gasteiger partial charge on any atom is -0.306 e. The van der Waals surface area contributed by atoms with Crippen LogP contribution in [0.2, 0.25) is 10.0 Å². The van der Waals surface area contributed by atoms with Gasteiger partial charge in [0.05, 0.1) is 21.6 Å². The number of benzene rings is 1. The van der Waals surface area contributed by atoms with Gasteiger partial charge in [-0.3, -0.25) is 4.98 Å². The molecule has 2 aromatic rings. The monoisotopic (exact) mass is 300 g/mol. The summed E-state index contributed by atoms with van der Waals surface area (Å²) in [6, 6.07) is 5.78. The van der Waals surface area contributed by atoms with E-state index in [1.165, 1.54) is 0 Å². The highest BCUT2D eigenvalue weighted by Crippen LogP contribution is 2.34. The maximum Gasteiger partial charge on any atom is 0.0794 e. The first-order valence-corrected chi connectivity index (χ1v) is 7.43. The molecule has 0 aliphatic carbocycles. The van der Waals surface area contributed by atoms with E-state index in [2.05, 4.69) is 17.2 Å². The molecule has 2 nitrogen and oxygen atoms in total. The number of nitrogens with one attached hydrogen (secondary N) is 1. The van der Waals surface area contributed by atoms with Crippen molar-refractivity contribution in [1.82, 2.24) is 10.3 Å². The molecule has 1 aromatic carbocycles. The summed E-state index contributed by atoms with van der Waals surface area (Å²) in [5.74, 6) is 0. The minimum atomic E-state index is 0.0589. The number of nitrogens with zero attached hydrogens (tertiary/aromatic N) is 1. The van der Waals surface area contributed by atoms with Crippen LogP contribution < -0.4 is 5.32 Å². The van der Waals surface area contributed by atoms with Crippen LogP contribution in [-0.4, -0.2) is 11.5 Å². The molecule has 1 aromatic heterocycles. The number of halogens is 2. The van der Waals surface area contributed by atoms with Gasteiger partial charge < -0.3 is 5.32 Å². The van der Waals surface area contributed by atoms with E-state index in [1.807, 2.05) is 23.8 Å². The molecule has 0 bridgehead atoms. The summed E-state index contributed by atoms with van der Waals surface area (Å²) >= 11 is 14.0. The van der Waals surface area contributed by atoms with Gasteiger partial charge in [0.15, 0.2) is 0 Å². The Kier molecular flexibility index (Phi) is 5.01. The lowest BCUT2D eigenvalue weighted by Crippen LogP contribution is -2.22. The molecule has 1 unspecified atom stereocenters. The van der Waals surface area contributed by atoms with Gasteiger partial charge in [-0.2, -0.15) is 0 Å². The lowest BCUT2D eigenvalue weighted by atomic mass is 10.1. The van der Waals surface area contributed by atoms with Crippen LogP contribution in [0, 0.1) is 0 Å². The highest BCUT2D eigenvalue weighted by atomic mass is 35.5. The Labute approximate surface area is 121 Å². The smallest absolute Gasteiger partial charge is 0.0794 e. The van der Waals surface area contributed by atoms with Gasteiger partial charge >= 0.3 is 0 Å². The summed E-state index contributed by atoms with van der Waals surface area (Å²) < 4.78 is 0. The molecule has 0 fully saturated rings. The predicted octanol–water partition coefficient (Wildman–Crippen LogP) is 4.54. The van der Waals surface area contributed by atoms with Crippen molar-refractivity contribution in [2.24, 2.45) is 0 Å². The van der Waals surface area contributed by atoms with Gasteiger partial charge in [0.2, 0.25) is 0 Å². The molecule has 0 spiro atoms. The summed E-state index contributed by atoms with van der Waals surface area (Å²) in [4.78, 5) is 5.28. The Morgan fingerprint density at radius 3 is 2.89 bits per heavy atom. The normalized spacial score (nSPS) is 12.6. The van der Waals surface area contributed by atoms with Crippen molar-refractivity contribution in [3.05, 3.63) is 50.4 Å². The quantitative estimate of drug-likeness (QED) is 0.877. The molecule has 18 heavy (non-hydrogen) atoms. The van der Waals surface area contributed by atoms with Crippen molar-refractivity contribution >= 4 is 34.5 Å². The van der Waals surface area contributed by atoms with Gasteiger partial charge in [0.1, 0.15) is 0 Å². The van der Waals surface area contributed by atoms with Crippen molar-refractivity contribution < 1.29 is 0 Å². The van der Waals surface area contributed by atoms with Crippen molar-refractivity contribution in [2.45, 2.75) is 19.4 Å². The van der Waals surface area contributed by atoms with E-state index >= 15 is 0 Å². The van der Waals surface area contributed by atoms with E-state index in [9.17, 15) is 0 Å². The Morgan fingerprint density at radius 1 is 1.39 bits per heavy atom. The minimum absolute atomic E-state index is 0.0589. The standard InChI is InChI=1S/C13H14Cl2N2S/c1-2-6-17-13(11-7-16-8-18-11)9-4-3-5-10(14)12(9)15/h3-5,7-8,13,17H,2,6H2,1H3. The third kappa shape index (κ3) is 3.04. The predicted molar refractivity (Wildman–Crippen MR) is 78.7 cm³/mol. The molecule has 0 saturated heterocycles. The summed E-state index contributed by atoms with van der Waals surface area (Å²) in [7, 11) is 0. The molecule has 0 aliphatic rings. The van der Waals surface area contributed by atoms with Crippen LogP contribution >= 0.6 is 34.5 Å². The van der Waals surface area contributed by atoms with Gasteiger partial charge in [-0.1, -0.05) is 42.3 Å². The fourth-order valence-corrected chi connectivity index (χ4v) is 2.89. The summed E-state index contributed by atoms with van der Waals surface area (Å²) in [5, 5.41) is 4.68. The highest BCUT2D eigenvalue weighted by Gasteiger charge is 2.18. The van der Waals surface area contributed by atoms with E-state index in [-0.39, 0.29) is 6.04 Å². The van der Waals surface area contributed by atoms with Gasteiger partial charge in [-0.05, 0) is 24.6 Å². The molecule has 0 radical (unpaired) electrons. The van der Waals surface area contributed by atoms with Crippen molar-refractivity contribution in [2.75, 3.05) is 6.54 Å². The second-order valence-electron chi connectivity index (χ2n) is 3.93. The lowest BCUT2D eigenvalue weighted by molar-refractivity contribution is 0.605. The second-order valence-corrected chi connectivity index (χ2v) is 5.64. The van der Waals surface area contributed by atoms with Crippen LogP contribution in [0.4, 0.5) is 0 Å². The Morgan fingerprint density at radius 2 is 2.22 bits per heavy atom. The fourth-order valence-electron chi connectivity index (χ4n) is 1.76. The molecule has 0 amide bonds. The molecule has 0 saturated carbocycles. The molecular formula is C13H14Cl2N2S. The zero-order valence-electron chi connectivity index (χ0n) is 9.99. The summed E-state index contributed by atoms with van der Waals surface area (Å²) in [6.07, 6.45) is 2.93. The molecule has 1 atom stereocenters. The molecular weight excluding hydrogens is 287 g/mol. The molecule has 1 N–H and O–H groups in total. The summed E-state index contributed by atoms with van der Waals surface area (Å²) in [5.41, 5.74) is 2.83. The van der Waals surface area contributed by atoms with Crippen molar-refractivity contribution in [3.63, 3.8) is 0 Å². The zero-order valence-corrected chi connectivity index (χ0v) is 12.3. The lowest BCUT2D eigenvalue weighted by Gasteiger charge is -2.19. The third-order valence-electron chi connectivity index (χ3n) is 2.63. The molecule has 0 aliphatic heterocycles. The van der Waals surface area contributed by atoms with Gasteiger partial charge in [0.25, 0.3) is 0 Å². The van der Waals surface area contributed by atoms with Crippen molar-refractivity contribution in [3.8, 4) is 0 Å². The van der Waals surface area contributed by atoms with Crippen LogP contribution in [0.5, 0.6) is 0 Å². The second kappa shape index (κ2) is 6.53. The molecule has 96 valence electrons. The van der Waals surface area contributed by atoms with Crippen LogP contribution in [0.25, 0.3) is 0 Å². The maximum atomic E-state index is 6.30. The van der Waals surface area contributed by atoms with E-state index in [0.717, 1.165) is 23.4 Å². The van der Waals surface area contributed by atoms with Gasteiger partial charge in [-0.15, -0.1) is 11.3 Å². The summed E-state index contributed by atoms with van der Waals surface area (Å²) in [6.45, 7) is 3.06. The number of hydrogen-bond donors (Lipinski definition) is 1. The van der Waals surface area contributed by atoms with E-state index in [4.69, 9.17) is 23.2 Å². The first-order chi connectivity index (χ1) is 8.74. The molecule has 5 heteroatoms. The number of hydrogen-bond acceptors (Lipinski definition) is 3. The average Bonchev–Trinajstić information content (AvgIpc) is 2.88.